The van der Waals surface area contributed by atoms with Crippen LogP contribution in [0.5, 0.6) is 0 Å². The van der Waals surface area contributed by atoms with Crippen LogP contribution in [-0.2, 0) is 19.1 Å². The summed E-state index contributed by atoms with van der Waals surface area (Å²) in [5.74, 6) is -1.73. The minimum absolute atomic E-state index is 0.0488. The Morgan fingerprint density at radius 1 is 1.06 bits per heavy atom. The van der Waals surface area contributed by atoms with Crippen molar-refractivity contribution in [1.29, 1.82) is 0 Å². The van der Waals surface area contributed by atoms with Gasteiger partial charge in [0, 0.05) is 26.0 Å². The molecule has 0 aromatic heterocycles. The maximum atomic E-state index is 13.0. The Morgan fingerprint density at radius 3 is 2.18 bits per heavy atom. The molecule has 34 heavy (non-hydrogen) atoms. The fourth-order valence-electron chi connectivity index (χ4n) is 4.39. The summed E-state index contributed by atoms with van der Waals surface area (Å²) in [6, 6.07) is 16.1. The number of rotatable bonds is 11. The molecule has 0 fully saturated rings. The Labute approximate surface area is 199 Å². The van der Waals surface area contributed by atoms with Crippen LogP contribution in [0.2, 0.25) is 0 Å². The van der Waals surface area contributed by atoms with Crippen LogP contribution >= 0.6 is 0 Å². The molecule has 3 N–H and O–H groups in total. The van der Waals surface area contributed by atoms with Crippen molar-refractivity contribution in [3.63, 3.8) is 0 Å². The molecular weight excluding hydrogens is 436 g/mol. The second-order valence-corrected chi connectivity index (χ2v) is 8.73. The maximum absolute atomic E-state index is 13.0. The van der Waals surface area contributed by atoms with Crippen molar-refractivity contribution in [2.45, 2.75) is 38.1 Å². The number of carbonyl (C=O) groups excluding carboxylic acids is 2. The number of carboxylic acid groups (broad SMARTS) is 1. The molecule has 1 aliphatic rings. The monoisotopic (exact) mass is 468 g/mol. The van der Waals surface area contributed by atoms with E-state index >= 15 is 0 Å². The van der Waals surface area contributed by atoms with Crippen LogP contribution in [-0.4, -0.2) is 55.5 Å². The summed E-state index contributed by atoms with van der Waals surface area (Å²) in [7, 11) is 1.45. The molecule has 0 saturated heterocycles. The minimum atomic E-state index is -1.33. The highest BCUT2D eigenvalue weighted by molar-refractivity contribution is 5.90. The number of fused-ring (bicyclic) bond motifs is 3. The first-order valence-electron chi connectivity index (χ1n) is 11.4. The number of carbonyl (C=O) groups is 3. The van der Waals surface area contributed by atoms with Gasteiger partial charge in [-0.3, -0.25) is 9.59 Å². The fourth-order valence-corrected chi connectivity index (χ4v) is 4.39. The molecule has 2 unspecified atom stereocenters. The van der Waals surface area contributed by atoms with E-state index in [4.69, 9.17) is 14.6 Å². The van der Waals surface area contributed by atoms with E-state index in [1.54, 1.807) is 13.8 Å². The van der Waals surface area contributed by atoms with Gasteiger partial charge in [0.1, 0.15) is 12.1 Å². The Morgan fingerprint density at radius 2 is 1.65 bits per heavy atom. The number of aliphatic carboxylic acids is 1. The first kappa shape index (κ1) is 25.2. The van der Waals surface area contributed by atoms with Gasteiger partial charge in [-0.15, -0.1) is 0 Å². The molecule has 0 aliphatic heterocycles. The number of carboxylic acids is 1. The summed E-state index contributed by atoms with van der Waals surface area (Å²) in [5.41, 5.74) is 3.12. The summed E-state index contributed by atoms with van der Waals surface area (Å²) in [4.78, 5) is 36.7. The van der Waals surface area contributed by atoms with Crippen molar-refractivity contribution in [2.24, 2.45) is 5.92 Å². The lowest BCUT2D eigenvalue weighted by atomic mass is 9.95. The Hall–Kier alpha value is -3.39. The number of ether oxygens (including phenoxy) is 2. The summed E-state index contributed by atoms with van der Waals surface area (Å²) in [6.45, 7) is 3.75. The standard InChI is InChI=1S/C26H32N2O6/c1-4-26(16-33-3,24(31)27-14-17(2)13-23(29)30)28-25(32)34-15-22-20-11-7-5-9-18(20)19-10-6-8-12-21(19)22/h5-12,17,22H,4,13-16H2,1-3H3,(H,27,31)(H,28,32)(H,29,30). The van der Waals surface area contributed by atoms with E-state index in [0.717, 1.165) is 22.3 Å². The van der Waals surface area contributed by atoms with Gasteiger partial charge in [-0.25, -0.2) is 4.79 Å². The first-order valence-corrected chi connectivity index (χ1v) is 11.4. The van der Waals surface area contributed by atoms with Crippen LogP contribution in [0.15, 0.2) is 48.5 Å². The third-order valence-electron chi connectivity index (χ3n) is 6.25. The topological polar surface area (TPSA) is 114 Å². The third kappa shape index (κ3) is 5.56. The highest BCUT2D eigenvalue weighted by Crippen LogP contribution is 2.44. The molecule has 0 radical (unpaired) electrons. The van der Waals surface area contributed by atoms with E-state index in [9.17, 15) is 14.4 Å². The van der Waals surface area contributed by atoms with E-state index in [1.807, 2.05) is 36.4 Å². The average molecular weight is 469 g/mol. The number of methoxy groups -OCH3 is 1. The average Bonchev–Trinajstić information content (AvgIpc) is 3.14. The van der Waals surface area contributed by atoms with Gasteiger partial charge < -0.3 is 25.2 Å². The molecule has 2 amide bonds. The number of hydrogen-bond acceptors (Lipinski definition) is 5. The minimum Gasteiger partial charge on any atom is -0.481 e. The van der Waals surface area contributed by atoms with Gasteiger partial charge >= 0.3 is 12.1 Å². The Kier molecular flexibility index (Phi) is 8.28. The molecule has 0 spiro atoms. The van der Waals surface area contributed by atoms with Crippen LogP contribution < -0.4 is 10.6 Å². The molecular formula is C26H32N2O6. The van der Waals surface area contributed by atoms with Gasteiger partial charge in [0.15, 0.2) is 0 Å². The zero-order valence-corrected chi connectivity index (χ0v) is 19.8. The highest BCUT2D eigenvalue weighted by Gasteiger charge is 2.39. The van der Waals surface area contributed by atoms with E-state index in [-0.39, 0.29) is 44.4 Å². The summed E-state index contributed by atoms with van der Waals surface area (Å²) in [5, 5.41) is 14.4. The zero-order valence-electron chi connectivity index (χ0n) is 19.8. The van der Waals surface area contributed by atoms with Crippen LogP contribution in [0, 0.1) is 5.92 Å². The van der Waals surface area contributed by atoms with Crippen molar-refractivity contribution in [3.05, 3.63) is 59.7 Å². The van der Waals surface area contributed by atoms with Crippen LogP contribution in [0.25, 0.3) is 11.1 Å². The van der Waals surface area contributed by atoms with Gasteiger partial charge in [0.05, 0.1) is 6.61 Å². The van der Waals surface area contributed by atoms with Crippen molar-refractivity contribution in [1.82, 2.24) is 10.6 Å². The third-order valence-corrected chi connectivity index (χ3v) is 6.25. The van der Waals surface area contributed by atoms with Gasteiger partial charge in [0.25, 0.3) is 0 Å². The molecule has 2 atom stereocenters. The normalized spacial score (nSPS) is 14.9. The molecule has 8 heteroatoms. The highest BCUT2D eigenvalue weighted by atomic mass is 16.5. The van der Waals surface area contributed by atoms with E-state index in [0.29, 0.717) is 0 Å². The van der Waals surface area contributed by atoms with Crippen LogP contribution in [0.3, 0.4) is 0 Å². The first-order chi connectivity index (χ1) is 16.3. The Balaban J connectivity index is 1.67. The summed E-state index contributed by atoms with van der Waals surface area (Å²) >= 11 is 0. The molecule has 2 aromatic carbocycles. The van der Waals surface area contributed by atoms with Gasteiger partial charge in [-0.2, -0.15) is 0 Å². The molecule has 0 bridgehead atoms. The quantitative estimate of drug-likeness (QED) is 0.465. The van der Waals surface area contributed by atoms with Gasteiger partial charge in [0.2, 0.25) is 5.91 Å². The van der Waals surface area contributed by atoms with E-state index < -0.39 is 23.5 Å². The largest absolute Gasteiger partial charge is 0.481 e. The number of amides is 2. The molecule has 8 nitrogen and oxygen atoms in total. The molecule has 1 aliphatic carbocycles. The Bertz CT molecular complexity index is 994. The van der Waals surface area contributed by atoms with Crippen molar-refractivity contribution in [2.75, 3.05) is 26.9 Å². The molecule has 3 rings (SSSR count). The fraction of sp³-hybridized carbons (Fsp3) is 0.423. The zero-order chi connectivity index (χ0) is 24.7. The second-order valence-electron chi connectivity index (χ2n) is 8.73. The lowest BCUT2D eigenvalue weighted by molar-refractivity contribution is -0.138. The lowest BCUT2D eigenvalue weighted by Crippen LogP contribution is -2.61. The second kappa shape index (κ2) is 11.2. The number of hydrogen-bond donors (Lipinski definition) is 3. The van der Waals surface area contributed by atoms with Crippen molar-refractivity contribution < 1.29 is 29.0 Å². The van der Waals surface area contributed by atoms with Crippen molar-refractivity contribution in [3.8, 4) is 11.1 Å². The van der Waals surface area contributed by atoms with E-state index in [2.05, 4.69) is 22.8 Å². The number of alkyl carbamates (subject to hydrolysis) is 1. The smallest absolute Gasteiger partial charge is 0.408 e. The van der Waals surface area contributed by atoms with Crippen LogP contribution in [0.4, 0.5) is 4.79 Å². The lowest BCUT2D eigenvalue weighted by Gasteiger charge is -2.32. The van der Waals surface area contributed by atoms with Gasteiger partial charge in [-0.05, 0) is 34.6 Å². The summed E-state index contributed by atoms with van der Waals surface area (Å²) in [6.07, 6.45) is -0.511. The summed E-state index contributed by atoms with van der Waals surface area (Å²) < 4.78 is 10.8. The van der Waals surface area contributed by atoms with Crippen LogP contribution in [0.1, 0.15) is 43.7 Å². The predicted molar refractivity (Wildman–Crippen MR) is 128 cm³/mol. The predicted octanol–water partition coefficient (Wildman–Crippen LogP) is 3.55. The molecule has 0 saturated carbocycles. The van der Waals surface area contributed by atoms with Gasteiger partial charge in [-0.1, -0.05) is 62.4 Å². The molecule has 2 aromatic rings. The number of nitrogens with one attached hydrogen (secondary N) is 2. The number of benzene rings is 2. The molecule has 182 valence electrons. The SMILES string of the molecule is CCC(COC)(NC(=O)OCC1c2ccccc2-c2ccccc21)C(=O)NCC(C)CC(=O)O. The maximum Gasteiger partial charge on any atom is 0.408 e. The van der Waals surface area contributed by atoms with Crippen molar-refractivity contribution >= 4 is 18.0 Å². The van der Waals surface area contributed by atoms with E-state index in [1.165, 1.54) is 7.11 Å². The molecule has 0 heterocycles.